The van der Waals surface area contributed by atoms with Crippen LogP contribution in [0.5, 0.6) is 0 Å². The highest BCUT2D eigenvalue weighted by Crippen LogP contribution is 2.28. The van der Waals surface area contributed by atoms with Crippen LogP contribution in [0.15, 0.2) is 53.4 Å². The maximum absolute atomic E-state index is 12.4. The number of benzene rings is 2. The number of hydrogen-bond acceptors (Lipinski definition) is 6. The second-order valence-corrected chi connectivity index (χ2v) is 6.90. The molecule has 0 spiro atoms. The summed E-state index contributed by atoms with van der Waals surface area (Å²) in [6.07, 6.45) is 0. The summed E-state index contributed by atoms with van der Waals surface area (Å²) in [6, 6.07) is 12.0. The van der Waals surface area contributed by atoms with Crippen molar-refractivity contribution >= 4 is 27.6 Å². The van der Waals surface area contributed by atoms with Crippen molar-refractivity contribution in [2.24, 2.45) is 0 Å². The van der Waals surface area contributed by atoms with Gasteiger partial charge in [-0.3, -0.25) is 9.59 Å². The van der Waals surface area contributed by atoms with E-state index >= 15 is 0 Å². The van der Waals surface area contributed by atoms with E-state index < -0.39 is 21.9 Å². The van der Waals surface area contributed by atoms with E-state index in [1.807, 2.05) is 0 Å². The van der Waals surface area contributed by atoms with Gasteiger partial charge >= 0.3 is 10.1 Å². The Morgan fingerprint density at radius 1 is 0.917 bits per heavy atom. The number of hydroxylamine groups is 2. The molecule has 0 aliphatic carbocycles. The van der Waals surface area contributed by atoms with Gasteiger partial charge in [0.25, 0.3) is 11.8 Å². The van der Waals surface area contributed by atoms with Gasteiger partial charge in [0.2, 0.25) is 0 Å². The van der Waals surface area contributed by atoms with Gasteiger partial charge in [0.15, 0.2) is 0 Å². The van der Waals surface area contributed by atoms with E-state index in [4.69, 9.17) is 4.28 Å². The van der Waals surface area contributed by atoms with Crippen LogP contribution < -0.4 is 4.90 Å². The van der Waals surface area contributed by atoms with Gasteiger partial charge in [-0.2, -0.15) is 8.42 Å². The Morgan fingerprint density at radius 3 is 2.17 bits per heavy atom. The van der Waals surface area contributed by atoms with Crippen LogP contribution in [-0.2, 0) is 14.4 Å². The van der Waals surface area contributed by atoms with Crippen LogP contribution in [0.3, 0.4) is 0 Å². The zero-order valence-electron chi connectivity index (χ0n) is 13.0. The van der Waals surface area contributed by atoms with Gasteiger partial charge in [-0.1, -0.05) is 18.2 Å². The van der Waals surface area contributed by atoms with E-state index in [9.17, 15) is 18.0 Å². The monoisotopic (exact) mass is 346 g/mol. The molecule has 3 rings (SSSR count). The molecule has 0 saturated carbocycles. The highest BCUT2D eigenvalue weighted by molar-refractivity contribution is 7.86. The van der Waals surface area contributed by atoms with Crippen LogP contribution in [0.25, 0.3) is 0 Å². The van der Waals surface area contributed by atoms with E-state index in [-0.39, 0.29) is 21.1 Å². The maximum Gasteiger partial charge on any atom is 0.318 e. The first-order valence-corrected chi connectivity index (χ1v) is 8.42. The minimum Gasteiger partial charge on any atom is -0.378 e. The molecule has 0 aromatic heterocycles. The molecule has 0 N–H and O–H groups in total. The van der Waals surface area contributed by atoms with Crippen LogP contribution in [0.1, 0.15) is 20.7 Å². The number of imide groups is 1. The summed E-state index contributed by atoms with van der Waals surface area (Å²) in [5.41, 5.74) is 0.922. The summed E-state index contributed by atoms with van der Waals surface area (Å²) < 4.78 is 29.2. The molecule has 1 aliphatic heterocycles. The number of carbonyl (C=O) groups excluding carboxylic acids is 2. The first-order chi connectivity index (χ1) is 11.3. The Kier molecular flexibility index (Phi) is 3.86. The standard InChI is InChI=1S/C16H14N2O5S/c1-17(2)11-8-9-13-14(10-11)16(20)18(15(13)19)23-24(21,22)12-6-4-3-5-7-12/h3-10H,1-2H3. The number of carbonyl (C=O) groups is 2. The van der Waals surface area contributed by atoms with Crippen LogP contribution in [-0.4, -0.2) is 39.4 Å². The SMILES string of the molecule is CN(C)c1ccc2c(c1)C(=O)N(OS(=O)(=O)c1ccccc1)C2=O. The highest BCUT2D eigenvalue weighted by atomic mass is 32.2. The second kappa shape index (κ2) is 5.73. The fourth-order valence-corrected chi connectivity index (χ4v) is 3.19. The summed E-state index contributed by atoms with van der Waals surface area (Å²) >= 11 is 0. The molecule has 8 heteroatoms. The lowest BCUT2D eigenvalue weighted by Gasteiger charge is -2.13. The molecule has 0 atom stereocenters. The van der Waals surface area contributed by atoms with Crippen molar-refractivity contribution in [2.45, 2.75) is 4.90 Å². The third-order valence-electron chi connectivity index (χ3n) is 3.55. The zero-order chi connectivity index (χ0) is 17.5. The van der Waals surface area contributed by atoms with Gasteiger partial charge in [0, 0.05) is 19.8 Å². The second-order valence-electron chi connectivity index (χ2n) is 5.37. The van der Waals surface area contributed by atoms with Crippen LogP contribution in [0, 0.1) is 0 Å². The Hall–Kier alpha value is -2.71. The summed E-state index contributed by atoms with van der Waals surface area (Å²) in [4.78, 5) is 26.3. The summed E-state index contributed by atoms with van der Waals surface area (Å²) in [5.74, 6) is -1.61. The molecule has 2 amide bonds. The third-order valence-corrected chi connectivity index (χ3v) is 4.75. The van der Waals surface area contributed by atoms with Gasteiger partial charge in [-0.15, -0.1) is 9.35 Å². The van der Waals surface area contributed by atoms with Crippen molar-refractivity contribution in [3.63, 3.8) is 0 Å². The van der Waals surface area contributed by atoms with Gasteiger partial charge < -0.3 is 4.90 Å². The minimum atomic E-state index is -4.28. The van der Waals surface area contributed by atoms with Gasteiger partial charge in [0.1, 0.15) is 0 Å². The predicted octanol–water partition coefficient (Wildman–Crippen LogP) is 1.67. The van der Waals surface area contributed by atoms with Crippen molar-refractivity contribution in [1.82, 2.24) is 5.06 Å². The largest absolute Gasteiger partial charge is 0.378 e. The van der Waals surface area contributed by atoms with Crippen molar-refractivity contribution < 1.29 is 22.3 Å². The lowest BCUT2D eigenvalue weighted by atomic mass is 10.1. The number of hydrogen-bond donors (Lipinski definition) is 0. The van der Waals surface area contributed by atoms with Crippen LogP contribution in [0.2, 0.25) is 0 Å². The lowest BCUT2D eigenvalue weighted by Crippen LogP contribution is -2.32. The number of rotatable bonds is 4. The molecule has 24 heavy (non-hydrogen) atoms. The van der Waals surface area contributed by atoms with Crippen molar-refractivity contribution in [3.05, 3.63) is 59.7 Å². The maximum atomic E-state index is 12.4. The molecule has 124 valence electrons. The molecule has 0 saturated heterocycles. The minimum absolute atomic E-state index is 0.105. The van der Waals surface area contributed by atoms with Crippen molar-refractivity contribution in [3.8, 4) is 0 Å². The molecule has 0 unspecified atom stereocenters. The van der Waals surface area contributed by atoms with E-state index in [1.165, 1.54) is 36.4 Å². The van der Waals surface area contributed by atoms with E-state index in [0.717, 1.165) is 0 Å². The van der Waals surface area contributed by atoms with Gasteiger partial charge in [0.05, 0.1) is 16.0 Å². The molecular formula is C16H14N2O5S. The van der Waals surface area contributed by atoms with E-state index in [0.29, 0.717) is 5.69 Å². The smallest absolute Gasteiger partial charge is 0.318 e. The number of fused-ring (bicyclic) bond motifs is 1. The molecule has 7 nitrogen and oxygen atoms in total. The van der Waals surface area contributed by atoms with Crippen molar-refractivity contribution in [2.75, 3.05) is 19.0 Å². The van der Waals surface area contributed by atoms with Crippen LogP contribution >= 0.6 is 0 Å². The van der Waals surface area contributed by atoms with E-state index in [1.54, 1.807) is 31.1 Å². The molecule has 0 fully saturated rings. The Morgan fingerprint density at radius 2 is 1.54 bits per heavy atom. The fraction of sp³-hybridized carbons (Fsp3) is 0.125. The molecule has 1 heterocycles. The Balaban J connectivity index is 1.94. The normalized spacial score (nSPS) is 14.0. The topological polar surface area (TPSA) is 84.0 Å². The molecule has 0 radical (unpaired) electrons. The molecule has 0 bridgehead atoms. The Labute approximate surface area is 139 Å². The van der Waals surface area contributed by atoms with Crippen molar-refractivity contribution in [1.29, 1.82) is 0 Å². The summed E-state index contributed by atoms with van der Waals surface area (Å²) in [5, 5.41) is 0.284. The van der Waals surface area contributed by atoms with Crippen LogP contribution in [0.4, 0.5) is 5.69 Å². The first-order valence-electron chi connectivity index (χ1n) is 7.01. The molecule has 2 aromatic carbocycles. The van der Waals surface area contributed by atoms with E-state index in [2.05, 4.69) is 0 Å². The lowest BCUT2D eigenvalue weighted by molar-refractivity contribution is -0.0103. The average Bonchev–Trinajstić information content (AvgIpc) is 2.80. The fourth-order valence-electron chi connectivity index (χ4n) is 2.28. The summed E-state index contributed by atoms with van der Waals surface area (Å²) in [6.45, 7) is 0. The number of nitrogens with zero attached hydrogens (tertiary/aromatic N) is 2. The summed E-state index contributed by atoms with van der Waals surface area (Å²) in [7, 11) is -0.702. The average molecular weight is 346 g/mol. The first kappa shape index (κ1) is 16.2. The highest BCUT2D eigenvalue weighted by Gasteiger charge is 2.40. The van der Waals surface area contributed by atoms with Gasteiger partial charge in [-0.25, -0.2) is 0 Å². The molecule has 1 aliphatic rings. The third kappa shape index (κ3) is 2.66. The van der Waals surface area contributed by atoms with Gasteiger partial charge in [-0.05, 0) is 30.3 Å². The number of amides is 2. The number of anilines is 1. The zero-order valence-corrected chi connectivity index (χ0v) is 13.8. The quantitative estimate of drug-likeness (QED) is 0.783. The molecule has 2 aromatic rings. The predicted molar refractivity (Wildman–Crippen MR) is 86.0 cm³/mol. The Bertz CT molecular complexity index is 923. The molecular weight excluding hydrogens is 332 g/mol.